The summed E-state index contributed by atoms with van der Waals surface area (Å²) in [4.78, 5) is 4.17. The molecule has 0 spiro atoms. The van der Waals surface area contributed by atoms with E-state index in [1.165, 1.54) is 12.1 Å². The second-order valence-corrected chi connectivity index (χ2v) is 3.92. The van der Waals surface area contributed by atoms with E-state index in [-0.39, 0.29) is 11.3 Å². The summed E-state index contributed by atoms with van der Waals surface area (Å²) in [6, 6.07) is 7.64. The van der Waals surface area contributed by atoms with E-state index < -0.39 is 11.6 Å². The molecule has 17 heavy (non-hydrogen) atoms. The van der Waals surface area contributed by atoms with Crippen LogP contribution in [0.2, 0.25) is 0 Å². The van der Waals surface area contributed by atoms with Gasteiger partial charge in [0.15, 0.2) is 0 Å². The Labute approximate surface area is 99.1 Å². The second-order valence-electron chi connectivity index (χ2n) is 3.92. The fourth-order valence-corrected chi connectivity index (χ4v) is 1.79. The maximum Gasteiger partial charge on any atom is 0.149 e. The van der Waals surface area contributed by atoms with Crippen LogP contribution >= 0.6 is 0 Å². The second kappa shape index (κ2) is 4.62. The number of rotatable bonds is 2. The van der Waals surface area contributed by atoms with Gasteiger partial charge >= 0.3 is 0 Å². The first-order valence-electron chi connectivity index (χ1n) is 5.54. The summed E-state index contributed by atoms with van der Waals surface area (Å²) in [6.45, 7) is 3.68. The molecule has 0 aliphatic rings. The van der Waals surface area contributed by atoms with Gasteiger partial charge < -0.3 is 0 Å². The van der Waals surface area contributed by atoms with E-state index in [2.05, 4.69) is 4.98 Å². The van der Waals surface area contributed by atoms with Crippen molar-refractivity contribution in [3.63, 3.8) is 0 Å². The van der Waals surface area contributed by atoms with Crippen LogP contribution in [0, 0.1) is 18.6 Å². The van der Waals surface area contributed by atoms with Crippen LogP contribution in [0.5, 0.6) is 0 Å². The van der Waals surface area contributed by atoms with Crippen molar-refractivity contribution in [2.75, 3.05) is 0 Å². The lowest BCUT2D eigenvalue weighted by Crippen LogP contribution is -1.98. The lowest BCUT2D eigenvalue weighted by atomic mass is 10.0. The van der Waals surface area contributed by atoms with Gasteiger partial charge in [0.1, 0.15) is 17.3 Å². The van der Waals surface area contributed by atoms with E-state index in [1.807, 2.05) is 6.92 Å². The molecule has 2 aromatic rings. The van der Waals surface area contributed by atoms with Gasteiger partial charge in [-0.05, 0) is 37.1 Å². The third-order valence-electron chi connectivity index (χ3n) is 2.72. The molecule has 88 valence electrons. The summed E-state index contributed by atoms with van der Waals surface area (Å²) in [7, 11) is 0. The van der Waals surface area contributed by atoms with Gasteiger partial charge in [-0.25, -0.2) is 13.8 Å². The summed E-state index contributed by atoms with van der Waals surface area (Å²) in [5.41, 5.74) is 1.79. The smallest absolute Gasteiger partial charge is 0.149 e. The molecule has 1 aromatic carbocycles. The SMILES string of the molecule is CCc1ccc(F)c(-c2c(C)cccc2F)n1. The van der Waals surface area contributed by atoms with Crippen LogP contribution in [-0.4, -0.2) is 4.98 Å². The molecule has 0 atom stereocenters. The number of benzene rings is 1. The number of aromatic nitrogens is 1. The van der Waals surface area contributed by atoms with Gasteiger partial charge in [-0.15, -0.1) is 0 Å². The minimum absolute atomic E-state index is 0.0972. The molecule has 0 aliphatic heterocycles. The van der Waals surface area contributed by atoms with E-state index in [1.54, 1.807) is 25.1 Å². The van der Waals surface area contributed by atoms with E-state index in [0.717, 1.165) is 5.69 Å². The van der Waals surface area contributed by atoms with Gasteiger partial charge in [0.25, 0.3) is 0 Å². The third kappa shape index (κ3) is 2.18. The van der Waals surface area contributed by atoms with Gasteiger partial charge in [0, 0.05) is 11.3 Å². The highest BCUT2D eigenvalue weighted by atomic mass is 19.1. The average molecular weight is 233 g/mol. The minimum atomic E-state index is -0.490. The van der Waals surface area contributed by atoms with Crippen molar-refractivity contribution in [1.82, 2.24) is 4.98 Å². The first-order chi connectivity index (χ1) is 8.13. The minimum Gasteiger partial charge on any atom is -0.250 e. The quantitative estimate of drug-likeness (QED) is 0.766. The van der Waals surface area contributed by atoms with Gasteiger partial charge in [-0.3, -0.25) is 0 Å². The number of nitrogens with zero attached hydrogens (tertiary/aromatic N) is 1. The monoisotopic (exact) mass is 233 g/mol. The molecule has 3 heteroatoms. The lowest BCUT2D eigenvalue weighted by Gasteiger charge is -2.09. The van der Waals surface area contributed by atoms with Crippen molar-refractivity contribution < 1.29 is 8.78 Å². The zero-order valence-electron chi connectivity index (χ0n) is 9.80. The predicted octanol–water partition coefficient (Wildman–Crippen LogP) is 3.90. The van der Waals surface area contributed by atoms with Gasteiger partial charge in [0.05, 0.1) is 0 Å². The van der Waals surface area contributed by atoms with Gasteiger partial charge in [0.2, 0.25) is 0 Å². The number of hydrogen-bond acceptors (Lipinski definition) is 1. The Morgan fingerprint density at radius 2 is 1.82 bits per heavy atom. The van der Waals surface area contributed by atoms with E-state index in [4.69, 9.17) is 0 Å². The molecule has 0 radical (unpaired) electrons. The predicted molar refractivity (Wildman–Crippen MR) is 63.7 cm³/mol. The fourth-order valence-electron chi connectivity index (χ4n) is 1.79. The van der Waals surface area contributed by atoms with Crippen LogP contribution in [0.4, 0.5) is 8.78 Å². The highest BCUT2D eigenvalue weighted by Gasteiger charge is 2.14. The van der Waals surface area contributed by atoms with E-state index in [0.29, 0.717) is 12.0 Å². The third-order valence-corrected chi connectivity index (χ3v) is 2.72. The Morgan fingerprint density at radius 1 is 1.06 bits per heavy atom. The van der Waals surface area contributed by atoms with Crippen molar-refractivity contribution in [2.24, 2.45) is 0 Å². The molecule has 0 fully saturated rings. The van der Waals surface area contributed by atoms with Crippen LogP contribution in [0.3, 0.4) is 0 Å². The number of pyridine rings is 1. The van der Waals surface area contributed by atoms with Crippen LogP contribution in [0.15, 0.2) is 30.3 Å². The molecule has 0 bridgehead atoms. The summed E-state index contributed by atoms with van der Waals surface area (Å²) in [5, 5.41) is 0. The number of hydrogen-bond donors (Lipinski definition) is 0. The highest BCUT2D eigenvalue weighted by Crippen LogP contribution is 2.27. The summed E-state index contributed by atoms with van der Waals surface area (Å²) < 4.78 is 27.5. The molecular weight excluding hydrogens is 220 g/mol. The van der Waals surface area contributed by atoms with Gasteiger partial charge in [-0.2, -0.15) is 0 Å². The zero-order chi connectivity index (χ0) is 12.4. The maximum atomic E-state index is 13.7. The number of halogens is 2. The van der Waals surface area contributed by atoms with Crippen molar-refractivity contribution in [3.05, 3.63) is 53.2 Å². The largest absolute Gasteiger partial charge is 0.250 e. The van der Waals surface area contributed by atoms with Crippen LogP contribution in [0.1, 0.15) is 18.2 Å². The molecule has 0 amide bonds. The van der Waals surface area contributed by atoms with E-state index >= 15 is 0 Å². The summed E-state index contributed by atoms with van der Waals surface area (Å²) in [5.74, 6) is -0.931. The van der Waals surface area contributed by atoms with Crippen LogP contribution in [-0.2, 0) is 6.42 Å². The highest BCUT2D eigenvalue weighted by molar-refractivity contribution is 5.64. The topological polar surface area (TPSA) is 12.9 Å². The summed E-state index contributed by atoms with van der Waals surface area (Å²) in [6.07, 6.45) is 0.695. The van der Waals surface area contributed by atoms with Crippen LogP contribution in [0.25, 0.3) is 11.3 Å². The molecular formula is C14H13F2N. The lowest BCUT2D eigenvalue weighted by molar-refractivity contribution is 0.609. The fraction of sp³-hybridized carbons (Fsp3) is 0.214. The molecule has 2 rings (SSSR count). The summed E-state index contributed by atoms with van der Waals surface area (Å²) >= 11 is 0. The molecule has 0 N–H and O–H groups in total. The van der Waals surface area contributed by atoms with Crippen molar-refractivity contribution >= 4 is 0 Å². The maximum absolute atomic E-state index is 13.7. The van der Waals surface area contributed by atoms with Crippen LogP contribution < -0.4 is 0 Å². The first-order valence-corrected chi connectivity index (χ1v) is 5.54. The zero-order valence-corrected chi connectivity index (χ0v) is 9.80. The number of aryl methyl sites for hydroxylation is 2. The molecule has 0 unspecified atom stereocenters. The molecule has 0 aliphatic carbocycles. The Bertz CT molecular complexity index is 530. The molecule has 1 nitrogen and oxygen atoms in total. The van der Waals surface area contributed by atoms with Crippen molar-refractivity contribution in [2.45, 2.75) is 20.3 Å². The first kappa shape index (κ1) is 11.7. The van der Waals surface area contributed by atoms with Crippen molar-refractivity contribution in [1.29, 1.82) is 0 Å². The molecule has 1 aromatic heterocycles. The Morgan fingerprint density at radius 3 is 2.47 bits per heavy atom. The molecule has 0 saturated carbocycles. The van der Waals surface area contributed by atoms with Gasteiger partial charge in [-0.1, -0.05) is 19.1 Å². The normalized spacial score (nSPS) is 10.6. The molecule has 1 heterocycles. The standard InChI is InChI=1S/C14H13F2N/c1-3-10-7-8-12(16)14(17-10)13-9(2)5-4-6-11(13)15/h4-8H,3H2,1-2H3. The Hall–Kier alpha value is -1.77. The Kier molecular flexibility index (Phi) is 3.18. The average Bonchev–Trinajstić information content (AvgIpc) is 2.31. The molecule has 0 saturated heterocycles. The Balaban J connectivity index is 2.67. The van der Waals surface area contributed by atoms with E-state index in [9.17, 15) is 8.78 Å². The van der Waals surface area contributed by atoms with Crippen molar-refractivity contribution in [3.8, 4) is 11.3 Å².